The molecule has 0 saturated heterocycles. The number of nitrogens with zero attached hydrogens (tertiary/aromatic N) is 1. The summed E-state index contributed by atoms with van der Waals surface area (Å²) < 4.78 is 0. The molecular formula is C21H20ClNO2S. The Morgan fingerprint density at radius 1 is 1.12 bits per heavy atom. The Balaban J connectivity index is 1.95. The Morgan fingerprint density at radius 3 is 2.38 bits per heavy atom. The second-order valence-corrected chi connectivity index (χ2v) is 7.72. The van der Waals surface area contributed by atoms with Crippen molar-refractivity contribution in [3.8, 4) is 0 Å². The third-order valence-electron chi connectivity index (χ3n) is 4.76. The maximum absolute atomic E-state index is 11.9. The van der Waals surface area contributed by atoms with E-state index < -0.39 is 11.9 Å². The average molecular weight is 386 g/mol. The summed E-state index contributed by atoms with van der Waals surface area (Å²) in [5.74, 6) is -1.24. The highest BCUT2D eigenvalue weighted by Gasteiger charge is 2.30. The molecule has 0 radical (unpaired) electrons. The standard InChI is InChI=1S/C21H20ClNO2S/c1-14(15-7-9-17(22)10-8-15)18(16-5-3-2-4-6-16)13-19(21(24)25)20-23-11-12-26-20/h2-12,14,18-19H,13H2,1H3,(H,24,25). The lowest BCUT2D eigenvalue weighted by molar-refractivity contribution is -0.139. The largest absolute Gasteiger partial charge is 0.481 e. The van der Waals surface area contributed by atoms with Crippen molar-refractivity contribution in [1.29, 1.82) is 0 Å². The molecule has 0 fully saturated rings. The van der Waals surface area contributed by atoms with E-state index in [1.54, 1.807) is 6.20 Å². The molecular weight excluding hydrogens is 366 g/mol. The number of hydrogen-bond donors (Lipinski definition) is 1. The van der Waals surface area contributed by atoms with Crippen molar-refractivity contribution >= 4 is 28.9 Å². The van der Waals surface area contributed by atoms with E-state index in [0.717, 1.165) is 11.1 Å². The Morgan fingerprint density at radius 2 is 1.81 bits per heavy atom. The number of carboxylic acids is 1. The summed E-state index contributed by atoms with van der Waals surface area (Å²) in [5, 5.41) is 13.0. The van der Waals surface area contributed by atoms with Crippen LogP contribution in [0.3, 0.4) is 0 Å². The van der Waals surface area contributed by atoms with Gasteiger partial charge in [-0.15, -0.1) is 11.3 Å². The molecule has 3 aromatic rings. The quantitative estimate of drug-likeness (QED) is 0.547. The van der Waals surface area contributed by atoms with Gasteiger partial charge in [-0.05, 0) is 41.5 Å². The van der Waals surface area contributed by atoms with Gasteiger partial charge in [0.05, 0.1) is 0 Å². The zero-order valence-electron chi connectivity index (χ0n) is 14.4. The van der Waals surface area contributed by atoms with E-state index in [4.69, 9.17) is 11.6 Å². The lowest BCUT2D eigenvalue weighted by Crippen LogP contribution is -2.18. The fourth-order valence-corrected chi connectivity index (χ4v) is 4.17. The van der Waals surface area contributed by atoms with Crippen molar-refractivity contribution in [3.63, 3.8) is 0 Å². The van der Waals surface area contributed by atoms with E-state index >= 15 is 0 Å². The number of carbonyl (C=O) groups is 1. The minimum atomic E-state index is -0.829. The van der Waals surface area contributed by atoms with E-state index in [-0.39, 0.29) is 11.8 Å². The lowest BCUT2D eigenvalue weighted by Gasteiger charge is -2.27. The van der Waals surface area contributed by atoms with Gasteiger partial charge in [0.1, 0.15) is 10.9 Å². The zero-order valence-corrected chi connectivity index (χ0v) is 16.0. The van der Waals surface area contributed by atoms with Crippen LogP contribution < -0.4 is 0 Å². The molecule has 26 heavy (non-hydrogen) atoms. The highest BCUT2D eigenvalue weighted by molar-refractivity contribution is 7.09. The van der Waals surface area contributed by atoms with E-state index in [1.165, 1.54) is 11.3 Å². The van der Waals surface area contributed by atoms with Crippen LogP contribution in [0.4, 0.5) is 0 Å². The first-order valence-corrected chi connectivity index (χ1v) is 9.74. The number of carboxylic acid groups (broad SMARTS) is 1. The second kappa shape index (κ2) is 8.47. The summed E-state index contributed by atoms with van der Waals surface area (Å²) >= 11 is 7.42. The maximum Gasteiger partial charge on any atom is 0.313 e. The third-order valence-corrected chi connectivity index (χ3v) is 5.91. The van der Waals surface area contributed by atoms with Crippen LogP contribution in [0.1, 0.15) is 47.2 Å². The summed E-state index contributed by atoms with van der Waals surface area (Å²) in [6.07, 6.45) is 2.16. The first kappa shape index (κ1) is 18.6. The number of benzene rings is 2. The Kier molecular flexibility index (Phi) is 6.07. The molecule has 134 valence electrons. The predicted octanol–water partition coefficient (Wildman–Crippen LogP) is 5.94. The van der Waals surface area contributed by atoms with Crippen LogP contribution in [0, 0.1) is 0 Å². The van der Waals surface area contributed by atoms with Gasteiger partial charge in [-0.25, -0.2) is 4.98 Å². The molecule has 0 spiro atoms. The van der Waals surface area contributed by atoms with Crippen LogP contribution in [0.5, 0.6) is 0 Å². The van der Waals surface area contributed by atoms with E-state index in [1.807, 2.05) is 47.8 Å². The van der Waals surface area contributed by atoms with Gasteiger partial charge >= 0.3 is 5.97 Å². The minimum absolute atomic E-state index is 0.0578. The number of thiazole rings is 1. The van der Waals surface area contributed by atoms with Gasteiger partial charge in [0.15, 0.2) is 0 Å². The molecule has 1 heterocycles. The van der Waals surface area contributed by atoms with Gasteiger partial charge < -0.3 is 5.11 Å². The number of rotatable bonds is 7. The van der Waals surface area contributed by atoms with E-state index in [0.29, 0.717) is 16.5 Å². The van der Waals surface area contributed by atoms with Crippen molar-refractivity contribution in [1.82, 2.24) is 4.98 Å². The highest BCUT2D eigenvalue weighted by Crippen LogP contribution is 2.40. The molecule has 0 saturated carbocycles. The van der Waals surface area contributed by atoms with Gasteiger partial charge in [-0.3, -0.25) is 4.79 Å². The molecule has 3 nitrogen and oxygen atoms in total. The van der Waals surface area contributed by atoms with Crippen LogP contribution in [-0.4, -0.2) is 16.1 Å². The fraction of sp³-hybridized carbons (Fsp3) is 0.238. The summed E-state index contributed by atoms with van der Waals surface area (Å²) in [6.45, 7) is 2.14. The van der Waals surface area contributed by atoms with Crippen molar-refractivity contribution in [2.45, 2.75) is 31.1 Å². The monoisotopic (exact) mass is 385 g/mol. The van der Waals surface area contributed by atoms with Crippen molar-refractivity contribution in [2.75, 3.05) is 0 Å². The summed E-state index contributed by atoms with van der Waals surface area (Å²) in [7, 11) is 0. The predicted molar refractivity (Wildman–Crippen MR) is 106 cm³/mol. The summed E-state index contributed by atoms with van der Waals surface area (Å²) in [5.41, 5.74) is 2.28. The smallest absolute Gasteiger partial charge is 0.313 e. The van der Waals surface area contributed by atoms with Gasteiger partial charge in [0, 0.05) is 16.6 Å². The van der Waals surface area contributed by atoms with E-state index in [9.17, 15) is 9.90 Å². The van der Waals surface area contributed by atoms with E-state index in [2.05, 4.69) is 24.0 Å². The van der Waals surface area contributed by atoms with Gasteiger partial charge in [0.25, 0.3) is 0 Å². The normalized spacial score (nSPS) is 14.5. The molecule has 3 atom stereocenters. The summed E-state index contributed by atoms with van der Waals surface area (Å²) in [6, 6.07) is 17.9. The molecule has 1 aromatic heterocycles. The molecule has 3 unspecified atom stereocenters. The van der Waals surface area contributed by atoms with Gasteiger partial charge in [-0.2, -0.15) is 0 Å². The second-order valence-electron chi connectivity index (χ2n) is 6.35. The molecule has 2 aromatic carbocycles. The highest BCUT2D eigenvalue weighted by atomic mass is 35.5. The molecule has 0 aliphatic carbocycles. The third kappa shape index (κ3) is 4.32. The van der Waals surface area contributed by atoms with Gasteiger partial charge in [-0.1, -0.05) is 61.0 Å². The molecule has 3 rings (SSSR count). The van der Waals surface area contributed by atoms with Crippen molar-refractivity contribution in [3.05, 3.63) is 87.3 Å². The molecule has 5 heteroatoms. The Labute approximate surface area is 162 Å². The zero-order chi connectivity index (χ0) is 18.5. The molecule has 1 N–H and O–H groups in total. The molecule has 0 bridgehead atoms. The maximum atomic E-state index is 11.9. The average Bonchev–Trinajstić information content (AvgIpc) is 3.17. The van der Waals surface area contributed by atoms with Crippen LogP contribution in [-0.2, 0) is 4.79 Å². The van der Waals surface area contributed by atoms with Crippen LogP contribution in [0.25, 0.3) is 0 Å². The van der Waals surface area contributed by atoms with Crippen molar-refractivity contribution in [2.24, 2.45) is 0 Å². The minimum Gasteiger partial charge on any atom is -0.481 e. The van der Waals surface area contributed by atoms with Crippen LogP contribution >= 0.6 is 22.9 Å². The lowest BCUT2D eigenvalue weighted by atomic mass is 9.77. The number of aromatic nitrogens is 1. The molecule has 0 aliphatic rings. The number of hydrogen-bond acceptors (Lipinski definition) is 3. The van der Waals surface area contributed by atoms with Crippen molar-refractivity contribution < 1.29 is 9.90 Å². The van der Waals surface area contributed by atoms with Crippen LogP contribution in [0.15, 0.2) is 66.2 Å². The fourth-order valence-electron chi connectivity index (χ4n) is 3.30. The Bertz CT molecular complexity index is 834. The van der Waals surface area contributed by atoms with Gasteiger partial charge in [0.2, 0.25) is 0 Å². The summed E-state index contributed by atoms with van der Waals surface area (Å²) in [4.78, 5) is 16.2. The first-order valence-electron chi connectivity index (χ1n) is 8.49. The SMILES string of the molecule is CC(c1ccc(Cl)cc1)C(CC(C(=O)O)c1nccs1)c1ccccc1. The Hall–Kier alpha value is -2.17. The molecule has 0 aliphatic heterocycles. The number of aliphatic carboxylic acids is 1. The number of halogens is 1. The topological polar surface area (TPSA) is 50.2 Å². The first-order chi connectivity index (χ1) is 12.6. The van der Waals surface area contributed by atoms with Crippen LogP contribution in [0.2, 0.25) is 5.02 Å². The molecule has 0 amide bonds.